The molecule has 236 valence electrons. The lowest BCUT2D eigenvalue weighted by Crippen LogP contribution is -2.50. The molecule has 2 aromatic rings. The van der Waals surface area contributed by atoms with Crippen LogP contribution in [-0.2, 0) is 21.2 Å². The molecule has 12 heteroatoms. The molecule has 1 aliphatic carbocycles. The van der Waals surface area contributed by atoms with Crippen molar-refractivity contribution in [1.29, 1.82) is 0 Å². The second kappa shape index (κ2) is 14.3. The number of urea groups is 1. The number of fused-ring (bicyclic) bond motifs is 1. The number of rotatable bonds is 9. The zero-order valence-corrected chi connectivity index (χ0v) is 26.2. The molecule has 0 saturated heterocycles. The fourth-order valence-corrected chi connectivity index (χ4v) is 6.61. The lowest BCUT2D eigenvalue weighted by atomic mass is 9.96. The van der Waals surface area contributed by atoms with Crippen molar-refractivity contribution in [2.75, 3.05) is 38.6 Å². The summed E-state index contributed by atoms with van der Waals surface area (Å²) in [7, 11) is -0.676. The highest BCUT2D eigenvalue weighted by Crippen LogP contribution is 2.30. The molecule has 0 aromatic heterocycles. The van der Waals surface area contributed by atoms with Crippen LogP contribution in [-0.4, -0.2) is 87.3 Å². The van der Waals surface area contributed by atoms with Crippen LogP contribution in [0.2, 0.25) is 0 Å². The molecule has 3 atom stereocenters. The minimum atomic E-state index is -3.91. The molecule has 1 aliphatic heterocycles. The summed E-state index contributed by atoms with van der Waals surface area (Å²) in [5.41, 5.74) is 0.782. The van der Waals surface area contributed by atoms with Gasteiger partial charge in [-0.15, -0.1) is 0 Å². The van der Waals surface area contributed by atoms with Crippen molar-refractivity contribution >= 4 is 27.6 Å². The van der Waals surface area contributed by atoms with Gasteiger partial charge in [0.1, 0.15) is 17.6 Å². The van der Waals surface area contributed by atoms with Gasteiger partial charge in [-0.2, -0.15) is 0 Å². The number of nitrogens with zero attached hydrogens (tertiary/aromatic N) is 2. The summed E-state index contributed by atoms with van der Waals surface area (Å²) < 4.78 is 40.4. The summed E-state index contributed by atoms with van der Waals surface area (Å²) in [5.74, 6) is 0.589. The number of carbonyl (C=O) groups excluding carboxylic acids is 2. The SMILES string of the molecule is COc1ccc(S(=O)(=O)Nc2ccc3c(c2)CC(=O)N([C@H](C)CO)C[C@H](C)[C@H](CN(C)C(=O)NC2CCCCC2)O3)cc1. The van der Waals surface area contributed by atoms with Crippen LogP contribution in [0.4, 0.5) is 10.5 Å². The molecule has 1 heterocycles. The molecule has 0 unspecified atom stereocenters. The third-order valence-electron chi connectivity index (χ3n) is 8.27. The molecular formula is C31H44N4O7S. The Kier molecular flexibility index (Phi) is 10.8. The maximum Gasteiger partial charge on any atom is 0.317 e. The van der Waals surface area contributed by atoms with E-state index in [4.69, 9.17) is 9.47 Å². The Morgan fingerprint density at radius 1 is 1.16 bits per heavy atom. The first-order chi connectivity index (χ1) is 20.5. The Morgan fingerprint density at radius 3 is 2.51 bits per heavy atom. The maximum atomic E-state index is 13.5. The Labute approximate surface area is 254 Å². The van der Waals surface area contributed by atoms with Crippen LogP contribution >= 0.6 is 0 Å². The normalized spacial score (nSPS) is 20.5. The van der Waals surface area contributed by atoms with Gasteiger partial charge in [-0.05, 0) is 62.2 Å². The summed E-state index contributed by atoms with van der Waals surface area (Å²) in [6.07, 6.45) is 4.85. The molecule has 11 nitrogen and oxygen atoms in total. The summed E-state index contributed by atoms with van der Waals surface area (Å²) in [5, 5.41) is 13.0. The van der Waals surface area contributed by atoms with Crippen LogP contribution in [0.25, 0.3) is 0 Å². The number of aliphatic hydroxyl groups is 1. The predicted molar refractivity (Wildman–Crippen MR) is 164 cm³/mol. The number of ether oxygens (including phenoxy) is 2. The van der Waals surface area contributed by atoms with Crippen LogP contribution in [0.1, 0.15) is 51.5 Å². The molecule has 1 saturated carbocycles. The number of carbonyl (C=O) groups is 2. The van der Waals surface area contributed by atoms with Crippen LogP contribution in [0, 0.1) is 5.92 Å². The van der Waals surface area contributed by atoms with E-state index >= 15 is 0 Å². The Balaban J connectivity index is 1.59. The van der Waals surface area contributed by atoms with Gasteiger partial charge in [-0.3, -0.25) is 9.52 Å². The summed E-state index contributed by atoms with van der Waals surface area (Å²) in [4.78, 5) is 29.9. The molecule has 0 radical (unpaired) electrons. The molecular weight excluding hydrogens is 572 g/mol. The van der Waals surface area contributed by atoms with Gasteiger partial charge in [-0.1, -0.05) is 26.2 Å². The Bertz CT molecular complexity index is 1360. The zero-order valence-electron chi connectivity index (χ0n) is 25.4. The van der Waals surface area contributed by atoms with Gasteiger partial charge >= 0.3 is 6.03 Å². The van der Waals surface area contributed by atoms with Crippen LogP contribution < -0.4 is 19.5 Å². The molecule has 1 fully saturated rings. The van der Waals surface area contributed by atoms with Gasteiger partial charge < -0.3 is 29.7 Å². The monoisotopic (exact) mass is 616 g/mol. The highest BCUT2D eigenvalue weighted by atomic mass is 32.2. The third kappa shape index (κ3) is 8.32. The van der Waals surface area contributed by atoms with Crippen molar-refractivity contribution in [3.05, 3.63) is 48.0 Å². The quantitative estimate of drug-likeness (QED) is 0.391. The van der Waals surface area contributed by atoms with Gasteiger partial charge in [0.25, 0.3) is 10.0 Å². The highest BCUT2D eigenvalue weighted by molar-refractivity contribution is 7.92. The van der Waals surface area contributed by atoms with E-state index in [1.165, 1.54) is 25.7 Å². The van der Waals surface area contributed by atoms with Gasteiger partial charge in [0, 0.05) is 36.8 Å². The zero-order chi connectivity index (χ0) is 31.1. The largest absolute Gasteiger partial charge is 0.497 e. The van der Waals surface area contributed by atoms with Crippen molar-refractivity contribution in [3.8, 4) is 11.5 Å². The number of methoxy groups -OCH3 is 1. The lowest BCUT2D eigenvalue weighted by Gasteiger charge is -2.34. The smallest absolute Gasteiger partial charge is 0.317 e. The number of hydrogen-bond donors (Lipinski definition) is 3. The van der Waals surface area contributed by atoms with E-state index in [0.29, 0.717) is 23.6 Å². The first kappa shape index (κ1) is 32.4. The number of aliphatic hydroxyl groups excluding tert-OH is 1. The van der Waals surface area contributed by atoms with E-state index in [9.17, 15) is 23.1 Å². The molecule has 2 aliphatic rings. The fourth-order valence-electron chi connectivity index (χ4n) is 5.56. The second-order valence-corrected chi connectivity index (χ2v) is 13.3. The topological polar surface area (TPSA) is 138 Å². The van der Waals surface area contributed by atoms with Crippen molar-refractivity contribution in [1.82, 2.24) is 15.1 Å². The van der Waals surface area contributed by atoms with E-state index in [1.807, 2.05) is 6.92 Å². The number of hydrogen-bond acceptors (Lipinski definition) is 7. The summed E-state index contributed by atoms with van der Waals surface area (Å²) in [6, 6.07) is 10.5. The molecule has 3 N–H and O–H groups in total. The standard InChI is InChI=1S/C31H44N4O7S/c1-21-18-35(22(2)20-36)30(37)17-23-16-25(33-43(39,40)27-13-11-26(41-4)12-14-27)10-15-28(23)42-29(21)19-34(3)31(38)32-24-8-6-5-7-9-24/h10-16,21-22,24,29,33,36H,5-9,17-20H2,1-4H3,(H,32,38)/t21-,22+,29-/m0/s1. The molecule has 43 heavy (non-hydrogen) atoms. The van der Waals surface area contributed by atoms with Crippen LogP contribution in [0.3, 0.4) is 0 Å². The van der Waals surface area contributed by atoms with E-state index in [-0.39, 0.29) is 54.1 Å². The minimum absolute atomic E-state index is 0.0464. The van der Waals surface area contributed by atoms with Crippen molar-refractivity contribution in [2.45, 2.75) is 75.5 Å². The van der Waals surface area contributed by atoms with Crippen LogP contribution in [0.5, 0.6) is 11.5 Å². The predicted octanol–water partition coefficient (Wildman–Crippen LogP) is 3.62. The average molecular weight is 617 g/mol. The molecule has 3 amide bonds. The third-order valence-corrected chi connectivity index (χ3v) is 9.67. The summed E-state index contributed by atoms with van der Waals surface area (Å²) in [6.45, 7) is 4.14. The van der Waals surface area contributed by atoms with Gasteiger partial charge in [0.05, 0.1) is 37.6 Å². The minimum Gasteiger partial charge on any atom is -0.497 e. The number of benzene rings is 2. The van der Waals surface area contributed by atoms with Crippen molar-refractivity contribution in [2.24, 2.45) is 5.92 Å². The fraction of sp³-hybridized carbons (Fsp3) is 0.548. The molecule has 4 rings (SSSR count). The van der Waals surface area contributed by atoms with Crippen molar-refractivity contribution < 1.29 is 32.6 Å². The first-order valence-corrected chi connectivity index (χ1v) is 16.4. The van der Waals surface area contributed by atoms with Gasteiger partial charge in [0.2, 0.25) is 5.91 Å². The van der Waals surface area contributed by atoms with E-state index in [0.717, 1.165) is 25.7 Å². The molecule has 2 aromatic carbocycles. The number of amides is 3. The van der Waals surface area contributed by atoms with Gasteiger partial charge in [-0.25, -0.2) is 13.2 Å². The number of nitrogens with one attached hydrogen (secondary N) is 2. The second-order valence-electron chi connectivity index (χ2n) is 11.7. The Hall–Kier alpha value is -3.51. The van der Waals surface area contributed by atoms with Gasteiger partial charge in [0.15, 0.2) is 0 Å². The van der Waals surface area contributed by atoms with E-state index in [2.05, 4.69) is 10.0 Å². The van der Waals surface area contributed by atoms with Crippen molar-refractivity contribution in [3.63, 3.8) is 0 Å². The number of sulfonamides is 1. The average Bonchev–Trinajstić information content (AvgIpc) is 3.04. The van der Waals surface area contributed by atoms with E-state index < -0.39 is 22.2 Å². The first-order valence-electron chi connectivity index (χ1n) is 14.9. The molecule has 0 bridgehead atoms. The molecule has 0 spiro atoms. The lowest BCUT2D eigenvalue weighted by molar-refractivity contribution is -0.134. The Morgan fingerprint density at radius 2 is 1.86 bits per heavy atom. The van der Waals surface area contributed by atoms with E-state index in [1.54, 1.807) is 54.1 Å². The number of anilines is 1. The maximum absolute atomic E-state index is 13.5. The van der Waals surface area contributed by atoms with Crippen LogP contribution in [0.15, 0.2) is 47.4 Å². The number of likely N-dealkylation sites (N-methyl/N-ethyl adjacent to an activating group) is 1. The highest BCUT2D eigenvalue weighted by Gasteiger charge is 2.32. The summed E-state index contributed by atoms with van der Waals surface area (Å²) >= 11 is 0.